The largest absolute Gasteiger partial charge is 0.328 e. The number of hydrogen-bond donors (Lipinski definition) is 1. The first-order valence-electron chi connectivity index (χ1n) is 3.54. The number of halogens is 1. The molecule has 0 bridgehead atoms. The first-order valence-corrected chi connectivity index (χ1v) is 4.34. The average Bonchev–Trinajstić information content (AvgIpc) is 1.93. The molecule has 0 fully saturated rings. The molecule has 1 aromatic rings. The maximum absolute atomic E-state index is 5.61. The first kappa shape index (κ1) is 8.68. The van der Waals surface area contributed by atoms with Crippen molar-refractivity contribution in [3.05, 3.63) is 28.5 Å². The van der Waals surface area contributed by atoms with Gasteiger partial charge in [0.1, 0.15) is 0 Å². The molecule has 0 aliphatic rings. The van der Waals surface area contributed by atoms with E-state index in [1.807, 2.05) is 19.1 Å². The van der Waals surface area contributed by atoms with Crippen LogP contribution in [0.25, 0.3) is 0 Å². The summed E-state index contributed by atoms with van der Waals surface area (Å²) < 4.78 is 1.01. The summed E-state index contributed by atoms with van der Waals surface area (Å²) in [7, 11) is 0. The lowest BCUT2D eigenvalue weighted by Crippen LogP contribution is -2.18. The lowest BCUT2D eigenvalue weighted by molar-refractivity contribution is 0.722. The minimum absolute atomic E-state index is 0.184. The number of pyridine rings is 1. The van der Waals surface area contributed by atoms with E-state index in [1.165, 1.54) is 0 Å². The SMILES string of the molecule is C[C@H](N)Cc1ccc(Br)cn1. The third-order valence-electron chi connectivity index (χ3n) is 1.32. The molecule has 0 spiro atoms. The van der Waals surface area contributed by atoms with Gasteiger partial charge in [-0.15, -0.1) is 0 Å². The van der Waals surface area contributed by atoms with E-state index in [2.05, 4.69) is 20.9 Å². The second kappa shape index (κ2) is 3.83. The van der Waals surface area contributed by atoms with Crippen molar-refractivity contribution in [1.29, 1.82) is 0 Å². The van der Waals surface area contributed by atoms with Crippen molar-refractivity contribution in [2.75, 3.05) is 0 Å². The van der Waals surface area contributed by atoms with Gasteiger partial charge in [-0.05, 0) is 35.0 Å². The fraction of sp³-hybridized carbons (Fsp3) is 0.375. The molecule has 11 heavy (non-hydrogen) atoms. The standard InChI is InChI=1S/C8H11BrN2/c1-6(10)4-8-3-2-7(9)5-11-8/h2-3,5-6H,4,10H2,1H3/t6-/m0/s1. The Kier molecular flexibility index (Phi) is 3.02. The van der Waals surface area contributed by atoms with Crippen LogP contribution in [0.5, 0.6) is 0 Å². The summed E-state index contributed by atoms with van der Waals surface area (Å²) in [5, 5.41) is 0. The van der Waals surface area contributed by atoms with Crippen molar-refractivity contribution in [3.8, 4) is 0 Å². The van der Waals surface area contributed by atoms with Crippen molar-refractivity contribution in [2.24, 2.45) is 5.73 Å². The second-order valence-corrected chi connectivity index (χ2v) is 3.56. The Morgan fingerprint density at radius 3 is 2.82 bits per heavy atom. The van der Waals surface area contributed by atoms with Gasteiger partial charge < -0.3 is 5.73 Å². The van der Waals surface area contributed by atoms with Crippen LogP contribution in [0.2, 0.25) is 0 Å². The van der Waals surface area contributed by atoms with Gasteiger partial charge in [0.05, 0.1) is 0 Å². The van der Waals surface area contributed by atoms with E-state index in [4.69, 9.17) is 5.73 Å². The summed E-state index contributed by atoms with van der Waals surface area (Å²) in [6.07, 6.45) is 2.63. The fourth-order valence-corrected chi connectivity index (χ4v) is 1.09. The number of aromatic nitrogens is 1. The monoisotopic (exact) mass is 214 g/mol. The molecule has 0 aliphatic heterocycles. The Balaban J connectivity index is 2.66. The predicted molar refractivity (Wildman–Crippen MR) is 49.3 cm³/mol. The Labute approximate surface area is 75.0 Å². The molecule has 2 N–H and O–H groups in total. The maximum Gasteiger partial charge on any atom is 0.0419 e. The number of nitrogens with zero attached hydrogens (tertiary/aromatic N) is 1. The molecule has 0 radical (unpaired) electrons. The van der Waals surface area contributed by atoms with E-state index in [0.29, 0.717) is 0 Å². The minimum atomic E-state index is 0.184. The molecule has 0 amide bonds. The molecule has 1 atom stereocenters. The van der Waals surface area contributed by atoms with Gasteiger partial charge in [-0.25, -0.2) is 0 Å². The molecule has 0 saturated heterocycles. The molecule has 0 aromatic carbocycles. The van der Waals surface area contributed by atoms with Crippen molar-refractivity contribution in [3.63, 3.8) is 0 Å². The topological polar surface area (TPSA) is 38.9 Å². The van der Waals surface area contributed by atoms with Gasteiger partial charge in [-0.3, -0.25) is 4.98 Å². The molecule has 1 aromatic heterocycles. The van der Waals surface area contributed by atoms with Gasteiger partial charge in [0.25, 0.3) is 0 Å². The van der Waals surface area contributed by atoms with Gasteiger partial charge in [-0.1, -0.05) is 0 Å². The minimum Gasteiger partial charge on any atom is -0.328 e. The average molecular weight is 215 g/mol. The van der Waals surface area contributed by atoms with Gasteiger partial charge >= 0.3 is 0 Å². The summed E-state index contributed by atoms with van der Waals surface area (Å²) in [4.78, 5) is 4.19. The Morgan fingerprint density at radius 2 is 2.36 bits per heavy atom. The molecule has 1 rings (SSSR count). The molecular formula is C8H11BrN2. The first-order chi connectivity index (χ1) is 5.18. The molecule has 3 heteroatoms. The van der Waals surface area contributed by atoms with Crippen molar-refractivity contribution < 1.29 is 0 Å². The highest BCUT2D eigenvalue weighted by atomic mass is 79.9. The zero-order valence-corrected chi connectivity index (χ0v) is 8.01. The van der Waals surface area contributed by atoms with Crippen LogP contribution >= 0.6 is 15.9 Å². The van der Waals surface area contributed by atoms with Gasteiger partial charge in [0.2, 0.25) is 0 Å². The highest BCUT2D eigenvalue weighted by Gasteiger charge is 1.97. The fourth-order valence-electron chi connectivity index (χ4n) is 0.857. The Hall–Kier alpha value is -0.410. The van der Waals surface area contributed by atoms with Crippen LogP contribution in [-0.4, -0.2) is 11.0 Å². The molecule has 1 heterocycles. The highest BCUT2D eigenvalue weighted by Crippen LogP contribution is 2.07. The van der Waals surface area contributed by atoms with Crippen LogP contribution in [0, 0.1) is 0 Å². The van der Waals surface area contributed by atoms with Crippen LogP contribution in [0.15, 0.2) is 22.8 Å². The molecule has 0 saturated carbocycles. The molecule has 0 aliphatic carbocycles. The summed E-state index contributed by atoms with van der Waals surface area (Å²) in [6.45, 7) is 1.98. The molecule has 2 nitrogen and oxygen atoms in total. The smallest absolute Gasteiger partial charge is 0.0419 e. The third kappa shape index (κ3) is 2.99. The lowest BCUT2D eigenvalue weighted by Gasteiger charge is -2.02. The molecule has 0 unspecified atom stereocenters. The van der Waals surface area contributed by atoms with Crippen LogP contribution in [-0.2, 0) is 6.42 Å². The molecular weight excluding hydrogens is 204 g/mol. The van der Waals surface area contributed by atoms with E-state index in [1.54, 1.807) is 6.20 Å². The van der Waals surface area contributed by atoms with Gasteiger partial charge in [-0.2, -0.15) is 0 Å². The predicted octanol–water partition coefficient (Wildman–Crippen LogP) is 1.73. The highest BCUT2D eigenvalue weighted by molar-refractivity contribution is 9.10. The lowest BCUT2D eigenvalue weighted by atomic mass is 10.2. The number of hydrogen-bond acceptors (Lipinski definition) is 2. The van der Waals surface area contributed by atoms with E-state index in [0.717, 1.165) is 16.6 Å². The zero-order chi connectivity index (χ0) is 8.27. The van der Waals surface area contributed by atoms with Crippen LogP contribution < -0.4 is 5.73 Å². The van der Waals surface area contributed by atoms with E-state index in [-0.39, 0.29) is 6.04 Å². The summed E-state index contributed by atoms with van der Waals surface area (Å²) in [5.41, 5.74) is 6.66. The van der Waals surface area contributed by atoms with Crippen molar-refractivity contribution in [1.82, 2.24) is 4.98 Å². The Bertz CT molecular complexity index is 218. The summed E-state index contributed by atoms with van der Waals surface area (Å²) in [6, 6.07) is 4.14. The van der Waals surface area contributed by atoms with Gasteiger partial charge in [0, 0.05) is 28.8 Å². The van der Waals surface area contributed by atoms with E-state index in [9.17, 15) is 0 Å². The number of nitrogens with two attached hydrogens (primary N) is 1. The van der Waals surface area contributed by atoms with E-state index >= 15 is 0 Å². The Morgan fingerprint density at radius 1 is 1.64 bits per heavy atom. The second-order valence-electron chi connectivity index (χ2n) is 2.65. The number of rotatable bonds is 2. The molecule has 60 valence electrons. The van der Waals surface area contributed by atoms with Crippen LogP contribution in [0.4, 0.5) is 0 Å². The third-order valence-corrected chi connectivity index (χ3v) is 1.79. The zero-order valence-electron chi connectivity index (χ0n) is 6.42. The van der Waals surface area contributed by atoms with E-state index < -0.39 is 0 Å². The van der Waals surface area contributed by atoms with Gasteiger partial charge in [0.15, 0.2) is 0 Å². The van der Waals surface area contributed by atoms with Crippen LogP contribution in [0.1, 0.15) is 12.6 Å². The van der Waals surface area contributed by atoms with Crippen LogP contribution in [0.3, 0.4) is 0 Å². The van der Waals surface area contributed by atoms with Crippen molar-refractivity contribution >= 4 is 15.9 Å². The quantitative estimate of drug-likeness (QED) is 0.815. The normalized spacial score (nSPS) is 13.0. The maximum atomic E-state index is 5.61. The summed E-state index contributed by atoms with van der Waals surface area (Å²) >= 11 is 3.32. The van der Waals surface area contributed by atoms with Crippen molar-refractivity contribution in [2.45, 2.75) is 19.4 Å². The summed E-state index contributed by atoms with van der Waals surface area (Å²) in [5.74, 6) is 0.